The maximum Gasteiger partial charge on any atom is 0.244 e. The van der Waals surface area contributed by atoms with E-state index in [-0.39, 0.29) is 11.4 Å². The maximum absolute atomic E-state index is 12.5. The normalized spacial score (nSPS) is 12.1. The smallest absolute Gasteiger partial charge is 0.244 e. The van der Waals surface area contributed by atoms with Crippen LogP contribution in [-0.2, 0) is 23.1 Å². The Bertz CT molecular complexity index is 647. The summed E-state index contributed by atoms with van der Waals surface area (Å²) in [5.74, 6) is 0. The van der Waals surface area contributed by atoms with Crippen LogP contribution in [0.1, 0.15) is 24.6 Å². The Hall–Kier alpha value is -1.57. The Morgan fingerprint density at radius 3 is 2.90 bits per heavy atom. The number of nitrogens with one attached hydrogen (secondary N) is 2. The molecule has 2 rings (SSSR count). The summed E-state index contributed by atoms with van der Waals surface area (Å²) in [6, 6.07) is 3.42. The van der Waals surface area contributed by atoms with Crippen molar-refractivity contribution in [1.82, 2.24) is 14.6 Å². The van der Waals surface area contributed by atoms with Gasteiger partial charge in [0.1, 0.15) is 0 Å². The molecule has 0 atom stereocenters. The van der Waals surface area contributed by atoms with Gasteiger partial charge in [0.2, 0.25) is 10.0 Å². The summed E-state index contributed by atoms with van der Waals surface area (Å²) >= 11 is 0. The van der Waals surface area contributed by atoms with E-state index >= 15 is 0 Å². The number of aromatic nitrogens is 1. The second-order valence-electron chi connectivity index (χ2n) is 4.93. The average Bonchev–Trinajstić information content (AvgIpc) is 3.10. The van der Waals surface area contributed by atoms with Crippen LogP contribution >= 0.6 is 0 Å². The molecule has 6 nitrogen and oxygen atoms in total. The van der Waals surface area contributed by atoms with Crippen LogP contribution in [0, 0.1) is 0 Å². The first-order valence-corrected chi connectivity index (χ1v) is 8.33. The predicted molar refractivity (Wildman–Crippen MR) is 80.2 cm³/mol. The minimum atomic E-state index is -3.49. The maximum atomic E-state index is 12.5. The number of aromatic amines is 1. The molecule has 2 N–H and O–H groups in total. The molecule has 0 bridgehead atoms. The third-order valence-electron chi connectivity index (χ3n) is 3.15. The van der Waals surface area contributed by atoms with Gasteiger partial charge in [-0.2, -0.15) is 4.31 Å². The zero-order valence-electron chi connectivity index (χ0n) is 12.3. The summed E-state index contributed by atoms with van der Waals surface area (Å²) in [4.78, 5) is 3.28. The summed E-state index contributed by atoms with van der Waals surface area (Å²) in [6.45, 7) is 3.91. The second kappa shape index (κ2) is 6.93. The van der Waals surface area contributed by atoms with E-state index in [1.807, 2.05) is 0 Å². The van der Waals surface area contributed by atoms with Gasteiger partial charge >= 0.3 is 0 Å². The number of hydrogen-bond acceptors (Lipinski definition) is 4. The first kappa shape index (κ1) is 15.8. The Labute approximate surface area is 125 Å². The van der Waals surface area contributed by atoms with Gasteiger partial charge in [-0.25, -0.2) is 8.42 Å². The van der Waals surface area contributed by atoms with Crippen molar-refractivity contribution in [3.63, 3.8) is 0 Å². The molecule has 0 aliphatic heterocycles. The largest absolute Gasteiger partial charge is 0.472 e. The molecule has 0 aliphatic rings. The molecule has 0 unspecified atom stereocenters. The van der Waals surface area contributed by atoms with Gasteiger partial charge in [0.15, 0.2) is 0 Å². The van der Waals surface area contributed by atoms with Gasteiger partial charge in [-0.15, -0.1) is 0 Å². The Balaban J connectivity index is 2.04. The molecule has 0 aliphatic carbocycles. The molecule has 0 amide bonds. The number of H-pyrrole nitrogens is 1. The van der Waals surface area contributed by atoms with Gasteiger partial charge < -0.3 is 14.7 Å². The molecule has 2 aromatic heterocycles. The molecule has 0 fully saturated rings. The van der Waals surface area contributed by atoms with Crippen LogP contribution in [-0.4, -0.2) is 31.3 Å². The average molecular weight is 311 g/mol. The van der Waals surface area contributed by atoms with Crippen LogP contribution in [0.2, 0.25) is 0 Å². The summed E-state index contributed by atoms with van der Waals surface area (Å²) in [6.07, 6.45) is 5.65. The van der Waals surface area contributed by atoms with Crippen LogP contribution in [0.15, 0.2) is 40.2 Å². The topological polar surface area (TPSA) is 78.3 Å². The Morgan fingerprint density at radius 2 is 2.24 bits per heavy atom. The van der Waals surface area contributed by atoms with Crippen LogP contribution in [0.3, 0.4) is 0 Å². The van der Waals surface area contributed by atoms with Crippen molar-refractivity contribution in [2.24, 2.45) is 0 Å². The minimum Gasteiger partial charge on any atom is -0.472 e. The molecule has 7 heteroatoms. The van der Waals surface area contributed by atoms with E-state index < -0.39 is 10.0 Å². The van der Waals surface area contributed by atoms with E-state index in [2.05, 4.69) is 17.2 Å². The van der Waals surface area contributed by atoms with Gasteiger partial charge in [-0.3, -0.25) is 0 Å². The molecule has 0 aromatic carbocycles. The molecule has 0 saturated heterocycles. The zero-order chi connectivity index (χ0) is 15.3. The first-order valence-electron chi connectivity index (χ1n) is 6.89. The summed E-state index contributed by atoms with van der Waals surface area (Å²) in [5, 5.41) is 3.23. The van der Waals surface area contributed by atoms with Crippen LogP contribution < -0.4 is 5.32 Å². The Kier molecular flexibility index (Phi) is 5.22. The minimum absolute atomic E-state index is 0.279. The van der Waals surface area contributed by atoms with E-state index in [1.165, 1.54) is 16.8 Å². The number of furan rings is 1. The number of rotatable bonds is 8. The molecular weight excluding hydrogens is 290 g/mol. The molecule has 2 heterocycles. The molecule has 116 valence electrons. The number of hydrogen-bond donors (Lipinski definition) is 2. The lowest BCUT2D eigenvalue weighted by atomic mass is 10.3. The van der Waals surface area contributed by atoms with Crippen molar-refractivity contribution >= 4 is 10.0 Å². The van der Waals surface area contributed by atoms with Gasteiger partial charge in [0.05, 0.1) is 17.4 Å². The SMILES string of the molecule is CCCNCc1cc(S(=O)(=O)N(C)Cc2ccoc2)c[nH]1. The van der Waals surface area contributed by atoms with Crippen molar-refractivity contribution in [3.05, 3.63) is 42.1 Å². The molecule has 0 spiro atoms. The lowest BCUT2D eigenvalue weighted by molar-refractivity contribution is 0.463. The second-order valence-corrected chi connectivity index (χ2v) is 6.97. The van der Waals surface area contributed by atoms with E-state index in [1.54, 1.807) is 25.4 Å². The fourth-order valence-electron chi connectivity index (χ4n) is 1.97. The van der Waals surface area contributed by atoms with E-state index in [0.717, 1.165) is 24.2 Å². The summed E-state index contributed by atoms with van der Waals surface area (Å²) < 4.78 is 31.2. The molecular formula is C14H21N3O3S. The molecule has 0 radical (unpaired) electrons. The van der Waals surface area contributed by atoms with Gasteiger partial charge in [0.25, 0.3) is 0 Å². The van der Waals surface area contributed by atoms with Crippen molar-refractivity contribution < 1.29 is 12.8 Å². The van der Waals surface area contributed by atoms with E-state index in [4.69, 9.17) is 4.42 Å². The number of sulfonamides is 1. The highest BCUT2D eigenvalue weighted by Gasteiger charge is 2.22. The quantitative estimate of drug-likeness (QED) is 0.730. The fraction of sp³-hybridized carbons (Fsp3) is 0.429. The predicted octanol–water partition coefficient (Wildman–Crippen LogP) is 1.93. The third kappa shape index (κ3) is 3.96. The lowest BCUT2D eigenvalue weighted by Crippen LogP contribution is -2.26. The highest BCUT2D eigenvalue weighted by molar-refractivity contribution is 7.89. The monoisotopic (exact) mass is 311 g/mol. The molecule has 0 saturated carbocycles. The van der Waals surface area contributed by atoms with E-state index in [0.29, 0.717) is 6.54 Å². The number of nitrogens with zero attached hydrogens (tertiary/aromatic N) is 1. The van der Waals surface area contributed by atoms with Gasteiger partial charge in [-0.1, -0.05) is 6.92 Å². The molecule has 2 aromatic rings. The lowest BCUT2D eigenvalue weighted by Gasteiger charge is -2.14. The van der Waals surface area contributed by atoms with Gasteiger partial charge in [-0.05, 0) is 25.1 Å². The summed E-state index contributed by atoms with van der Waals surface area (Å²) in [5.41, 5.74) is 1.68. The van der Waals surface area contributed by atoms with Crippen LogP contribution in [0.5, 0.6) is 0 Å². The highest BCUT2D eigenvalue weighted by Crippen LogP contribution is 2.18. The fourth-order valence-corrected chi connectivity index (χ4v) is 3.15. The van der Waals surface area contributed by atoms with Crippen LogP contribution in [0.25, 0.3) is 0 Å². The van der Waals surface area contributed by atoms with Crippen LogP contribution in [0.4, 0.5) is 0 Å². The standard InChI is InChI=1S/C14H21N3O3S/c1-3-5-15-8-13-7-14(9-16-13)21(18,19)17(2)10-12-4-6-20-11-12/h4,6-7,9,11,15-16H,3,5,8,10H2,1-2H3. The van der Waals surface area contributed by atoms with Crippen molar-refractivity contribution in [1.29, 1.82) is 0 Å². The van der Waals surface area contributed by atoms with E-state index in [9.17, 15) is 8.42 Å². The van der Waals surface area contributed by atoms with Gasteiger partial charge in [0, 0.05) is 37.6 Å². The molecule has 21 heavy (non-hydrogen) atoms. The third-order valence-corrected chi connectivity index (χ3v) is 4.93. The zero-order valence-corrected chi connectivity index (χ0v) is 13.1. The van der Waals surface area contributed by atoms with Crippen molar-refractivity contribution in [2.75, 3.05) is 13.6 Å². The Morgan fingerprint density at radius 1 is 1.43 bits per heavy atom. The van der Waals surface area contributed by atoms with Crippen molar-refractivity contribution in [2.45, 2.75) is 31.3 Å². The first-order chi connectivity index (χ1) is 10.0. The highest BCUT2D eigenvalue weighted by atomic mass is 32.2. The van der Waals surface area contributed by atoms with Crippen molar-refractivity contribution in [3.8, 4) is 0 Å². The summed E-state index contributed by atoms with van der Waals surface area (Å²) in [7, 11) is -1.93.